The van der Waals surface area contributed by atoms with Gasteiger partial charge in [-0.15, -0.1) is 0 Å². The van der Waals surface area contributed by atoms with Crippen molar-refractivity contribution < 1.29 is 14.4 Å². The Kier molecular flexibility index (Phi) is 6.00. The summed E-state index contributed by atoms with van der Waals surface area (Å²) in [6, 6.07) is 13.4. The number of aromatic amines is 1. The van der Waals surface area contributed by atoms with Gasteiger partial charge in [-0.25, -0.2) is 4.98 Å². The van der Waals surface area contributed by atoms with Gasteiger partial charge in [-0.3, -0.25) is 14.4 Å². The summed E-state index contributed by atoms with van der Waals surface area (Å²) in [6.45, 7) is 2.28. The minimum atomic E-state index is -1.08. The number of amides is 1. The average Bonchev–Trinajstić information content (AvgIpc) is 3.37. The van der Waals surface area contributed by atoms with E-state index < -0.39 is 23.7 Å². The molecule has 2 heterocycles. The van der Waals surface area contributed by atoms with Gasteiger partial charge in [0.25, 0.3) is 5.91 Å². The summed E-state index contributed by atoms with van der Waals surface area (Å²) in [7, 11) is 0. The van der Waals surface area contributed by atoms with Crippen molar-refractivity contribution in [1.82, 2.24) is 14.9 Å². The fraction of sp³-hybridized carbons (Fsp3) is 0.250. The number of likely N-dealkylation sites (tertiary alicyclic amines) is 1. The minimum absolute atomic E-state index is 0.339. The van der Waals surface area contributed by atoms with Gasteiger partial charge < -0.3 is 9.88 Å². The van der Waals surface area contributed by atoms with Crippen LogP contribution in [0.1, 0.15) is 39.6 Å². The molecule has 0 bridgehead atoms. The normalized spacial score (nSPS) is 18.6. The second-order valence-corrected chi connectivity index (χ2v) is 8.18. The number of nitrogens with one attached hydrogen (secondary N) is 1. The lowest BCUT2D eigenvalue weighted by atomic mass is 9.86. The lowest BCUT2D eigenvalue weighted by Crippen LogP contribution is -2.32. The Labute approximate surface area is 185 Å². The van der Waals surface area contributed by atoms with E-state index in [1.54, 1.807) is 48.9 Å². The molecule has 3 aromatic rings. The van der Waals surface area contributed by atoms with E-state index in [2.05, 4.69) is 9.97 Å². The Morgan fingerprint density at radius 1 is 1.10 bits per heavy atom. The van der Waals surface area contributed by atoms with E-state index in [0.717, 1.165) is 16.8 Å². The van der Waals surface area contributed by atoms with E-state index in [9.17, 15) is 14.4 Å². The summed E-state index contributed by atoms with van der Waals surface area (Å²) >= 11 is 6.04. The first kappa shape index (κ1) is 21.0. The van der Waals surface area contributed by atoms with Crippen molar-refractivity contribution in [1.29, 1.82) is 0 Å². The van der Waals surface area contributed by atoms with Crippen LogP contribution in [0.4, 0.5) is 0 Å². The molecule has 0 saturated carbocycles. The number of imidazole rings is 1. The molecular weight excluding hydrogens is 414 g/mol. The topological polar surface area (TPSA) is 83.1 Å². The van der Waals surface area contributed by atoms with Crippen LogP contribution in [0.3, 0.4) is 0 Å². The molecule has 0 aliphatic carbocycles. The molecule has 0 radical (unpaired) electrons. The third-order valence-corrected chi connectivity index (χ3v) is 5.89. The van der Waals surface area contributed by atoms with Crippen molar-refractivity contribution in [3.05, 3.63) is 88.5 Å². The van der Waals surface area contributed by atoms with Crippen LogP contribution in [0.5, 0.6) is 0 Å². The van der Waals surface area contributed by atoms with Crippen molar-refractivity contribution in [2.45, 2.75) is 25.8 Å². The number of hydrogen-bond donors (Lipinski definition) is 1. The highest BCUT2D eigenvalue weighted by atomic mass is 35.5. The molecule has 1 fully saturated rings. The smallest absolute Gasteiger partial charge is 0.291 e. The number of nitrogens with zero attached hydrogens (tertiary/aromatic N) is 2. The quantitative estimate of drug-likeness (QED) is 0.346. The van der Waals surface area contributed by atoms with Gasteiger partial charge in [0.1, 0.15) is 5.92 Å². The van der Waals surface area contributed by atoms with E-state index in [-0.39, 0.29) is 5.78 Å². The number of H-pyrrole nitrogens is 1. The zero-order chi connectivity index (χ0) is 22.0. The van der Waals surface area contributed by atoms with Gasteiger partial charge in [-0.1, -0.05) is 53.6 Å². The Hall–Kier alpha value is -3.25. The van der Waals surface area contributed by atoms with E-state index in [1.165, 1.54) is 4.90 Å². The first-order valence-electron chi connectivity index (χ1n) is 10.1. The molecule has 158 valence electrons. The van der Waals surface area contributed by atoms with Crippen molar-refractivity contribution in [3.8, 4) is 0 Å². The van der Waals surface area contributed by atoms with Crippen molar-refractivity contribution in [2.24, 2.45) is 5.92 Å². The van der Waals surface area contributed by atoms with E-state index in [4.69, 9.17) is 11.6 Å². The Morgan fingerprint density at radius 3 is 2.45 bits per heavy atom. The first-order valence-corrected chi connectivity index (χ1v) is 10.5. The van der Waals surface area contributed by atoms with Crippen molar-refractivity contribution >= 4 is 29.1 Å². The number of aromatic nitrogens is 2. The predicted molar refractivity (Wildman–Crippen MR) is 117 cm³/mol. The summed E-state index contributed by atoms with van der Waals surface area (Å²) in [6.07, 6.45) is 4.66. The Bertz CT molecular complexity index is 1090. The van der Waals surface area contributed by atoms with Gasteiger partial charge in [0.2, 0.25) is 5.78 Å². The summed E-state index contributed by atoms with van der Waals surface area (Å²) in [5.74, 6) is -2.69. The van der Waals surface area contributed by atoms with E-state index >= 15 is 0 Å². The standard InChI is InChI=1S/C24H22ClN3O3/c1-15-4-6-17(7-5-15)22(29)20-21(16-8-10-18(25)11-9-16)28(24(31)23(20)30)12-2-3-19-13-26-14-27-19/h4-11,13-14,20-21H,2-3,12H2,1H3,(H,26,27). The fourth-order valence-corrected chi connectivity index (χ4v) is 4.14. The van der Waals surface area contributed by atoms with Gasteiger partial charge in [-0.2, -0.15) is 0 Å². The first-order chi connectivity index (χ1) is 15.0. The molecule has 2 atom stereocenters. The number of halogens is 1. The molecule has 31 heavy (non-hydrogen) atoms. The molecule has 0 spiro atoms. The van der Waals surface area contributed by atoms with Crippen LogP contribution in [-0.2, 0) is 16.0 Å². The van der Waals surface area contributed by atoms with Gasteiger partial charge in [0.05, 0.1) is 12.4 Å². The van der Waals surface area contributed by atoms with Crippen LogP contribution >= 0.6 is 11.6 Å². The van der Waals surface area contributed by atoms with Crippen molar-refractivity contribution in [3.63, 3.8) is 0 Å². The number of rotatable bonds is 7. The van der Waals surface area contributed by atoms with E-state index in [0.29, 0.717) is 30.0 Å². The number of Topliss-reactive ketones (excluding diaryl/α,β-unsaturated/α-hetero) is 2. The molecule has 4 rings (SSSR count). The zero-order valence-electron chi connectivity index (χ0n) is 17.0. The van der Waals surface area contributed by atoms with Gasteiger partial charge in [0, 0.05) is 29.0 Å². The molecule has 1 N–H and O–H groups in total. The second kappa shape index (κ2) is 8.86. The molecule has 2 aromatic carbocycles. The summed E-state index contributed by atoms with van der Waals surface area (Å²) in [5.41, 5.74) is 3.11. The molecule has 1 aliphatic rings. The minimum Gasteiger partial charge on any atom is -0.348 e. The lowest BCUT2D eigenvalue weighted by molar-refractivity contribution is -0.140. The molecule has 1 amide bonds. The Morgan fingerprint density at radius 2 is 1.81 bits per heavy atom. The van der Waals surface area contributed by atoms with Gasteiger partial charge in [0.15, 0.2) is 5.78 Å². The molecule has 6 nitrogen and oxygen atoms in total. The second-order valence-electron chi connectivity index (χ2n) is 7.75. The molecular formula is C24H22ClN3O3. The molecule has 2 unspecified atom stereocenters. The van der Waals surface area contributed by atoms with Crippen LogP contribution < -0.4 is 0 Å². The fourth-order valence-electron chi connectivity index (χ4n) is 4.02. The zero-order valence-corrected chi connectivity index (χ0v) is 17.8. The summed E-state index contributed by atoms with van der Waals surface area (Å²) in [4.78, 5) is 47.8. The molecule has 1 aliphatic heterocycles. The highest BCUT2D eigenvalue weighted by molar-refractivity contribution is 6.44. The number of carbonyl (C=O) groups excluding carboxylic acids is 3. The highest BCUT2D eigenvalue weighted by Crippen LogP contribution is 2.38. The largest absolute Gasteiger partial charge is 0.348 e. The third kappa shape index (κ3) is 4.30. The van der Waals surface area contributed by atoms with Crippen LogP contribution in [0.2, 0.25) is 5.02 Å². The predicted octanol–water partition coefficient (Wildman–Crippen LogP) is 3.96. The summed E-state index contributed by atoms with van der Waals surface area (Å²) < 4.78 is 0. The average molecular weight is 436 g/mol. The number of hydrogen-bond acceptors (Lipinski definition) is 4. The Balaban J connectivity index is 1.65. The monoisotopic (exact) mass is 435 g/mol. The number of aryl methyl sites for hydroxylation is 2. The van der Waals surface area contributed by atoms with E-state index in [1.807, 2.05) is 19.1 Å². The molecule has 1 saturated heterocycles. The molecule has 7 heteroatoms. The van der Waals surface area contributed by atoms with Gasteiger partial charge >= 0.3 is 0 Å². The maximum absolute atomic E-state index is 13.3. The van der Waals surface area contributed by atoms with Crippen LogP contribution in [0.15, 0.2) is 61.1 Å². The maximum Gasteiger partial charge on any atom is 0.291 e. The van der Waals surface area contributed by atoms with Gasteiger partial charge in [-0.05, 0) is 37.5 Å². The number of carbonyl (C=O) groups is 3. The van der Waals surface area contributed by atoms with Crippen LogP contribution in [0.25, 0.3) is 0 Å². The van der Waals surface area contributed by atoms with Crippen molar-refractivity contribution in [2.75, 3.05) is 6.54 Å². The third-order valence-electron chi connectivity index (χ3n) is 5.64. The number of ketones is 2. The lowest BCUT2D eigenvalue weighted by Gasteiger charge is -2.27. The molecule has 1 aromatic heterocycles. The van der Waals surface area contributed by atoms with Crippen LogP contribution in [0, 0.1) is 12.8 Å². The SMILES string of the molecule is Cc1ccc(C(=O)C2C(=O)C(=O)N(CCCc3cnc[nH]3)C2c2ccc(Cl)cc2)cc1. The highest BCUT2D eigenvalue weighted by Gasteiger charge is 2.51. The summed E-state index contributed by atoms with van der Waals surface area (Å²) in [5, 5.41) is 0.548. The number of benzene rings is 2. The van der Waals surface area contributed by atoms with Crippen LogP contribution in [-0.4, -0.2) is 38.9 Å². The maximum atomic E-state index is 13.3.